The summed E-state index contributed by atoms with van der Waals surface area (Å²) < 4.78 is 5.11. The minimum atomic E-state index is -0.327. The van der Waals surface area contributed by atoms with Crippen LogP contribution in [0.4, 0.5) is 0 Å². The maximum Gasteiger partial charge on any atom is 0.291 e. The second-order valence-electron chi connectivity index (χ2n) is 7.40. The zero-order valence-electron chi connectivity index (χ0n) is 14.9. The van der Waals surface area contributed by atoms with Gasteiger partial charge in [-0.3, -0.25) is 9.59 Å². The molecule has 2 aromatic rings. The summed E-state index contributed by atoms with van der Waals surface area (Å²) in [5, 5.41) is 0. The number of rotatable bonds is 3. The lowest BCUT2D eigenvalue weighted by molar-refractivity contribution is -0.137. The molecule has 136 valence electrons. The average molecular weight is 353 g/mol. The van der Waals surface area contributed by atoms with Gasteiger partial charge >= 0.3 is 0 Å². The van der Waals surface area contributed by atoms with Crippen LogP contribution in [0.3, 0.4) is 0 Å². The van der Waals surface area contributed by atoms with Crippen molar-refractivity contribution in [1.82, 2.24) is 14.8 Å². The molecule has 3 heterocycles. The van der Waals surface area contributed by atoms with Gasteiger partial charge in [0.25, 0.3) is 5.91 Å². The van der Waals surface area contributed by atoms with Gasteiger partial charge in [0.05, 0.1) is 11.6 Å². The van der Waals surface area contributed by atoms with Crippen molar-refractivity contribution in [3.8, 4) is 0 Å². The third-order valence-electron chi connectivity index (χ3n) is 5.91. The first kappa shape index (κ1) is 16.8. The van der Waals surface area contributed by atoms with Crippen molar-refractivity contribution >= 4 is 11.8 Å². The van der Waals surface area contributed by atoms with Crippen molar-refractivity contribution in [1.29, 1.82) is 0 Å². The number of amides is 2. The molecule has 0 aliphatic carbocycles. The van der Waals surface area contributed by atoms with Gasteiger partial charge < -0.3 is 14.2 Å². The number of carbonyl (C=O) groups is 2. The van der Waals surface area contributed by atoms with Crippen LogP contribution in [-0.4, -0.2) is 52.8 Å². The SMILES string of the molecule is CN1C(=O)C2(CCN(C(=O)c3cnco3)CC2)C[C@H]1Cc1ccccc1. The summed E-state index contributed by atoms with van der Waals surface area (Å²) >= 11 is 0. The van der Waals surface area contributed by atoms with E-state index >= 15 is 0 Å². The van der Waals surface area contributed by atoms with E-state index in [9.17, 15) is 9.59 Å². The molecule has 6 nitrogen and oxygen atoms in total. The van der Waals surface area contributed by atoms with Crippen LogP contribution in [0.15, 0.2) is 47.3 Å². The first-order valence-corrected chi connectivity index (χ1v) is 9.08. The molecule has 0 N–H and O–H groups in total. The zero-order chi connectivity index (χ0) is 18.1. The Balaban J connectivity index is 1.43. The van der Waals surface area contributed by atoms with Gasteiger partial charge in [-0.1, -0.05) is 30.3 Å². The van der Waals surface area contributed by atoms with Crippen molar-refractivity contribution < 1.29 is 14.0 Å². The molecule has 1 spiro atoms. The fraction of sp³-hybridized carbons (Fsp3) is 0.450. The predicted octanol–water partition coefficient (Wildman–Crippen LogP) is 2.37. The Hall–Kier alpha value is -2.63. The average Bonchev–Trinajstić information content (AvgIpc) is 3.28. The number of hydrogen-bond acceptors (Lipinski definition) is 4. The molecule has 0 saturated carbocycles. The van der Waals surface area contributed by atoms with Gasteiger partial charge in [0.1, 0.15) is 0 Å². The van der Waals surface area contributed by atoms with Crippen LogP contribution in [0.2, 0.25) is 0 Å². The van der Waals surface area contributed by atoms with Crippen LogP contribution < -0.4 is 0 Å². The molecule has 2 aliphatic rings. The van der Waals surface area contributed by atoms with E-state index in [1.54, 1.807) is 4.90 Å². The van der Waals surface area contributed by atoms with E-state index in [0.29, 0.717) is 25.9 Å². The second-order valence-corrected chi connectivity index (χ2v) is 7.40. The summed E-state index contributed by atoms with van der Waals surface area (Å²) in [6, 6.07) is 10.5. The number of carbonyl (C=O) groups excluding carboxylic acids is 2. The molecule has 1 aromatic heterocycles. The van der Waals surface area contributed by atoms with Crippen molar-refractivity contribution in [3.05, 3.63) is 54.2 Å². The lowest BCUT2D eigenvalue weighted by Crippen LogP contribution is -2.46. The van der Waals surface area contributed by atoms with E-state index < -0.39 is 0 Å². The lowest BCUT2D eigenvalue weighted by atomic mass is 9.75. The summed E-state index contributed by atoms with van der Waals surface area (Å²) in [6.45, 7) is 1.16. The molecule has 1 atom stereocenters. The minimum absolute atomic E-state index is 0.142. The first-order chi connectivity index (χ1) is 12.6. The Labute approximate surface area is 152 Å². The highest BCUT2D eigenvalue weighted by molar-refractivity contribution is 5.91. The maximum atomic E-state index is 13.0. The smallest absolute Gasteiger partial charge is 0.291 e. The third kappa shape index (κ3) is 2.89. The van der Waals surface area contributed by atoms with E-state index in [0.717, 1.165) is 12.8 Å². The van der Waals surface area contributed by atoms with E-state index in [-0.39, 0.29) is 29.0 Å². The third-order valence-corrected chi connectivity index (χ3v) is 5.91. The number of nitrogens with zero attached hydrogens (tertiary/aromatic N) is 3. The molecule has 0 unspecified atom stereocenters. The highest BCUT2D eigenvalue weighted by atomic mass is 16.3. The molecule has 2 saturated heterocycles. The minimum Gasteiger partial charge on any atom is -0.438 e. The highest BCUT2D eigenvalue weighted by Gasteiger charge is 2.51. The van der Waals surface area contributed by atoms with Crippen LogP contribution in [0.25, 0.3) is 0 Å². The number of hydrogen-bond donors (Lipinski definition) is 0. The molecule has 0 bridgehead atoms. The number of likely N-dealkylation sites (N-methyl/N-ethyl adjacent to an activating group) is 1. The molecule has 2 amide bonds. The van der Waals surface area contributed by atoms with E-state index in [2.05, 4.69) is 17.1 Å². The standard InChI is InChI=1S/C20H23N3O3/c1-22-16(11-15-5-3-2-4-6-15)12-20(19(22)25)7-9-23(10-8-20)18(24)17-13-21-14-26-17/h2-6,13-14,16H,7-12H2,1H3/t16-/m1/s1. The van der Waals surface area contributed by atoms with E-state index in [4.69, 9.17) is 4.42 Å². The van der Waals surface area contributed by atoms with Gasteiger partial charge in [0.15, 0.2) is 6.39 Å². The molecule has 1 aromatic carbocycles. The zero-order valence-corrected chi connectivity index (χ0v) is 14.9. The predicted molar refractivity (Wildman–Crippen MR) is 95.4 cm³/mol. The van der Waals surface area contributed by atoms with Crippen LogP contribution >= 0.6 is 0 Å². The molecule has 4 rings (SSSR count). The van der Waals surface area contributed by atoms with E-state index in [1.807, 2.05) is 30.1 Å². The van der Waals surface area contributed by atoms with E-state index in [1.165, 1.54) is 18.2 Å². The maximum absolute atomic E-state index is 13.0. The second kappa shape index (κ2) is 6.59. The van der Waals surface area contributed by atoms with Crippen LogP contribution in [-0.2, 0) is 11.2 Å². The fourth-order valence-corrected chi connectivity index (χ4v) is 4.34. The van der Waals surface area contributed by atoms with Gasteiger partial charge in [-0.05, 0) is 31.2 Å². The molecule has 2 aliphatic heterocycles. The number of oxazole rings is 1. The first-order valence-electron chi connectivity index (χ1n) is 9.08. The quantitative estimate of drug-likeness (QED) is 0.850. The Morgan fingerprint density at radius 3 is 2.65 bits per heavy atom. The molecule has 2 fully saturated rings. The van der Waals surface area contributed by atoms with Crippen molar-refractivity contribution in [3.63, 3.8) is 0 Å². The van der Waals surface area contributed by atoms with Gasteiger partial charge in [-0.25, -0.2) is 4.98 Å². The Morgan fingerprint density at radius 1 is 1.27 bits per heavy atom. The Morgan fingerprint density at radius 2 is 2.00 bits per heavy atom. The van der Waals surface area contributed by atoms with Gasteiger partial charge in [0, 0.05) is 26.2 Å². The Kier molecular flexibility index (Phi) is 4.26. The van der Waals surface area contributed by atoms with Crippen molar-refractivity contribution in [2.75, 3.05) is 20.1 Å². The van der Waals surface area contributed by atoms with Gasteiger partial charge in [-0.15, -0.1) is 0 Å². The highest BCUT2D eigenvalue weighted by Crippen LogP contribution is 2.44. The summed E-state index contributed by atoms with van der Waals surface area (Å²) in [5.74, 6) is 0.347. The summed E-state index contributed by atoms with van der Waals surface area (Å²) in [7, 11) is 1.91. The van der Waals surface area contributed by atoms with Gasteiger partial charge in [-0.2, -0.15) is 0 Å². The van der Waals surface area contributed by atoms with Crippen molar-refractivity contribution in [2.45, 2.75) is 31.7 Å². The van der Waals surface area contributed by atoms with Crippen molar-refractivity contribution in [2.24, 2.45) is 5.41 Å². The Bertz CT molecular complexity index is 780. The summed E-state index contributed by atoms with van der Waals surface area (Å²) in [6.07, 6.45) is 5.87. The monoisotopic (exact) mass is 353 g/mol. The van der Waals surface area contributed by atoms with Crippen LogP contribution in [0.1, 0.15) is 35.4 Å². The number of likely N-dealkylation sites (tertiary alicyclic amines) is 2. The largest absolute Gasteiger partial charge is 0.438 e. The number of aromatic nitrogens is 1. The van der Waals surface area contributed by atoms with Crippen LogP contribution in [0.5, 0.6) is 0 Å². The van der Waals surface area contributed by atoms with Gasteiger partial charge in [0.2, 0.25) is 11.7 Å². The summed E-state index contributed by atoms with van der Waals surface area (Å²) in [4.78, 5) is 32.9. The molecule has 0 radical (unpaired) electrons. The molecular formula is C20H23N3O3. The molecule has 6 heteroatoms. The fourth-order valence-electron chi connectivity index (χ4n) is 4.34. The molecule has 26 heavy (non-hydrogen) atoms. The topological polar surface area (TPSA) is 66.7 Å². The normalized spacial score (nSPS) is 22.2. The van der Waals surface area contributed by atoms with Crippen LogP contribution in [0, 0.1) is 5.41 Å². The molecular weight excluding hydrogens is 330 g/mol. The summed E-state index contributed by atoms with van der Waals surface area (Å²) in [5.41, 5.74) is 0.930. The number of piperidine rings is 1. The lowest BCUT2D eigenvalue weighted by Gasteiger charge is -2.37. The number of benzene rings is 1.